The van der Waals surface area contributed by atoms with Crippen molar-refractivity contribution in [1.29, 1.82) is 0 Å². The van der Waals surface area contributed by atoms with E-state index in [1.54, 1.807) is 0 Å². The zero-order valence-corrected chi connectivity index (χ0v) is 14.5. The summed E-state index contributed by atoms with van der Waals surface area (Å²) in [5.41, 5.74) is -0.579. The molecule has 1 atom stereocenters. The van der Waals surface area contributed by atoms with Gasteiger partial charge in [0.1, 0.15) is 0 Å². The summed E-state index contributed by atoms with van der Waals surface area (Å²) in [6.45, 7) is 10.3. The van der Waals surface area contributed by atoms with Crippen molar-refractivity contribution in [1.82, 2.24) is 9.03 Å². The highest BCUT2D eigenvalue weighted by Gasteiger charge is 2.36. The average Bonchev–Trinajstić information content (AvgIpc) is 2.24. The molecule has 0 radical (unpaired) electrons. The molecule has 1 saturated heterocycles. The van der Waals surface area contributed by atoms with Gasteiger partial charge in [-0.15, -0.1) is 0 Å². The smallest absolute Gasteiger partial charge is 0.307 e. The van der Waals surface area contributed by atoms with E-state index in [1.165, 1.54) is 4.31 Å². The highest BCUT2D eigenvalue weighted by molar-refractivity contribution is 7.87. The van der Waals surface area contributed by atoms with E-state index in [0.29, 0.717) is 25.8 Å². The Bertz CT molecular complexity index is 480. The van der Waals surface area contributed by atoms with Crippen LogP contribution in [0.25, 0.3) is 0 Å². The highest BCUT2D eigenvalue weighted by atomic mass is 32.2. The maximum atomic E-state index is 12.5. The monoisotopic (exact) mass is 320 g/mol. The van der Waals surface area contributed by atoms with Gasteiger partial charge in [-0.2, -0.15) is 17.4 Å². The van der Waals surface area contributed by atoms with Crippen molar-refractivity contribution in [3.63, 3.8) is 0 Å². The fraction of sp³-hybridized carbons (Fsp3) is 0.929. The fourth-order valence-electron chi connectivity index (χ4n) is 3.14. The SMILES string of the molecule is CC(C)(C)CC(C)(C)NS(=O)(=O)N1CCCC(C(=O)O)C1. The average molecular weight is 320 g/mol. The predicted molar refractivity (Wildman–Crippen MR) is 82.1 cm³/mol. The van der Waals surface area contributed by atoms with E-state index in [1.807, 2.05) is 13.8 Å². The summed E-state index contributed by atoms with van der Waals surface area (Å²) < 4.78 is 28.9. The third-order valence-corrected chi connectivity index (χ3v) is 5.27. The van der Waals surface area contributed by atoms with Gasteiger partial charge < -0.3 is 5.11 Å². The number of nitrogens with one attached hydrogen (secondary N) is 1. The van der Waals surface area contributed by atoms with Crippen molar-refractivity contribution in [2.24, 2.45) is 11.3 Å². The molecule has 0 aromatic carbocycles. The van der Waals surface area contributed by atoms with E-state index in [-0.39, 0.29) is 12.0 Å². The third kappa shape index (κ3) is 5.92. The predicted octanol–water partition coefficient (Wildman–Crippen LogP) is 1.83. The first-order valence-electron chi connectivity index (χ1n) is 7.34. The number of carboxylic acid groups (broad SMARTS) is 1. The lowest BCUT2D eigenvalue weighted by atomic mass is 9.82. The Morgan fingerprint density at radius 3 is 2.33 bits per heavy atom. The van der Waals surface area contributed by atoms with Crippen molar-refractivity contribution in [2.45, 2.75) is 59.4 Å². The van der Waals surface area contributed by atoms with E-state index in [2.05, 4.69) is 25.5 Å². The molecule has 1 rings (SSSR count). The molecular weight excluding hydrogens is 292 g/mol. The van der Waals surface area contributed by atoms with E-state index in [4.69, 9.17) is 5.11 Å². The Kier molecular flexibility index (Phi) is 5.45. The van der Waals surface area contributed by atoms with Crippen molar-refractivity contribution in [2.75, 3.05) is 13.1 Å². The minimum Gasteiger partial charge on any atom is -0.481 e. The Hall–Kier alpha value is -0.660. The molecule has 0 aromatic heterocycles. The standard InChI is InChI=1S/C14H28N2O4S/c1-13(2,3)10-14(4,5)15-21(19,20)16-8-6-7-11(9-16)12(17)18/h11,15H,6-10H2,1-5H3,(H,17,18). The Labute approximate surface area is 128 Å². The molecule has 1 heterocycles. The maximum Gasteiger partial charge on any atom is 0.307 e. The van der Waals surface area contributed by atoms with Crippen molar-refractivity contribution in [3.05, 3.63) is 0 Å². The number of piperidine rings is 1. The molecule has 6 nitrogen and oxygen atoms in total. The van der Waals surface area contributed by atoms with Crippen molar-refractivity contribution in [3.8, 4) is 0 Å². The number of hydrogen-bond donors (Lipinski definition) is 2. The van der Waals surface area contributed by atoms with Gasteiger partial charge in [0.2, 0.25) is 0 Å². The molecule has 0 bridgehead atoms. The van der Waals surface area contributed by atoms with E-state index in [9.17, 15) is 13.2 Å². The number of nitrogens with zero attached hydrogens (tertiary/aromatic N) is 1. The molecule has 1 unspecified atom stereocenters. The summed E-state index contributed by atoms with van der Waals surface area (Å²) in [5, 5.41) is 9.07. The zero-order chi connectivity index (χ0) is 16.5. The van der Waals surface area contributed by atoms with Gasteiger partial charge in [0.25, 0.3) is 10.2 Å². The van der Waals surface area contributed by atoms with Gasteiger partial charge in [-0.05, 0) is 38.5 Å². The second-order valence-corrected chi connectivity index (χ2v) is 9.43. The first-order chi connectivity index (χ1) is 9.32. The Morgan fingerprint density at radius 2 is 1.86 bits per heavy atom. The first-order valence-corrected chi connectivity index (χ1v) is 8.78. The van der Waals surface area contributed by atoms with Crippen LogP contribution in [0.4, 0.5) is 0 Å². The second kappa shape index (κ2) is 6.22. The molecule has 21 heavy (non-hydrogen) atoms. The fourth-order valence-corrected chi connectivity index (χ4v) is 4.78. The van der Waals surface area contributed by atoms with Gasteiger partial charge in [0, 0.05) is 18.6 Å². The summed E-state index contributed by atoms with van der Waals surface area (Å²) in [6, 6.07) is 0. The van der Waals surface area contributed by atoms with E-state index < -0.39 is 27.6 Å². The van der Waals surface area contributed by atoms with Crippen LogP contribution in [0.2, 0.25) is 0 Å². The molecule has 0 aliphatic carbocycles. The van der Waals surface area contributed by atoms with Crippen LogP contribution < -0.4 is 4.72 Å². The highest BCUT2D eigenvalue weighted by Crippen LogP contribution is 2.28. The van der Waals surface area contributed by atoms with Crippen LogP contribution in [0.15, 0.2) is 0 Å². The molecule has 1 fully saturated rings. The van der Waals surface area contributed by atoms with Crippen LogP contribution >= 0.6 is 0 Å². The second-order valence-electron chi connectivity index (χ2n) is 7.76. The largest absolute Gasteiger partial charge is 0.481 e. The van der Waals surface area contributed by atoms with Crippen LogP contribution in [0, 0.1) is 11.3 Å². The van der Waals surface area contributed by atoms with Gasteiger partial charge in [0.05, 0.1) is 5.92 Å². The lowest BCUT2D eigenvalue weighted by Crippen LogP contribution is -2.54. The van der Waals surface area contributed by atoms with Crippen LogP contribution in [0.5, 0.6) is 0 Å². The molecular formula is C14H28N2O4S. The summed E-state index contributed by atoms with van der Waals surface area (Å²) >= 11 is 0. The minimum absolute atomic E-state index is 0.00246. The number of hydrogen-bond acceptors (Lipinski definition) is 3. The van der Waals surface area contributed by atoms with Crippen molar-refractivity contribution >= 4 is 16.2 Å². The zero-order valence-electron chi connectivity index (χ0n) is 13.6. The molecule has 0 saturated carbocycles. The number of rotatable bonds is 5. The minimum atomic E-state index is -3.66. The number of carboxylic acids is 1. The maximum absolute atomic E-state index is 12.5. The molecule has 124 valence electrons. The van der Waals surface area contributed by atoms with Gasteiger partial charge in [-0.3, -0.25) is 4.79 Å². The normalized spacial score (nSPS) is 22.2. The van der Waals surface area contributed by atoms with Crippen LogP contribution in [-0.2, 0) is 15.0 Å². The Morgan fingerprint density at radius 1 is 1.29 bits per heavy atom. The van der Waals surface area contributed by atoms with Crippen LogP contribution in [0.1, 0.15) is 53.9 Å². The van der Waals surface area contributed by atoms with Gasteiger partial charge in [0.15, 0.2) is 0 Å². The van der Waals surface area contributed by atoms with Crippen molar-refractivity contribution < 1.29 is 18.3 Å². The molecule has 1 aliphatic rings. The molecule has 0 spiro atoms. The Balaban J connectivity index is 2.79. The van der Waals surface area contributed by atoms with Gasteiger partial charge in [-0.25, -0.2) is 0 Å². The third-order valence-electron chi connectivity index (χ3n) is 3.45. The van der Waals surface area contributed by atoms with Crippen LogP contribution in [0.3, 0.4) is 0 Å². The summed E-state index contributed by atoms with van der Waals surface area (Å²) in [6.07, 6.45) is 1.81. The van der Waals surface area contributed by atoms with E-state index in [0.717, 1.165) is 0 Å². The topological polar surface area (TPSA) is 86.7 Å². The molecule has 7 heteroatoms. The number of carbonyl (C=O) groups is 1. The van der Waals surface area contributed by atoms with Gasteiger partial charge in [-0.1, -0.05) is 20.8 Å². The lowest BCUT2D eigenvalue weighted by Gasteiger charge is -2.36. The van der Waals surface area contributed by atoms with Gasteiger partial charge >= 0.3 is 5.97 Å². The lowest BCUT2D eigenvalue weighted by molar-refractivity contribution is -0.142. The quantitative estimate of drug-likeness (QED) is 0.809. The van der Waals surface area contributed by atoms with Crippen LogP contribution in [-0.4, -0.2) is 42.4 Å². The number of aliphatic carboxylic acids is 1. The molecule has 2 N–H and O–H groups in total. The summed E-state index contributed by atoms with van der Waals surface area (Å²) in [4.78, 5) is 11.1. The molecule has 1 aliphatic heterocycles. The summed E-state index contributed by atoms with van der Waals surface area (Å²) in [7, 11) is -3.66. The molecule has 0 aromatic rings. The first kappa shape index (κ1) is 18.4. The van der Waals surface area contributed by atoms with E-state index >= 15 is 0 Å². The molecule has 0 amide bonds. The summed E-state index contributed by atoms with van der Waals surface area (Å²) in [5.74, 6) is -1.54.